The number of hydrogen-bond donors (Lipinski definition) is 2. The Morgan fingerprint density at radius 2 is 1.85 bits per heavy atom. The summed E-state index contributed by atoms with van der Waals surface area (Å²) in [5.74, 6) is -0.870. The van der Waals surface area contributed by atoms with E-state index in [-0.39, 0.29) is 5.91 Å². The van der Waals surface area contributed by atoms with Gasteiger partial charge in [0.05, 0.1) is 13.2 Å². The largest absolute Gasteiger partial charge is 0.467 e. The van der Waals surface area contributed by atoms with E-state index >= 15 is 0 Å². The fourth-order valence-corrected chi connectivity index (χ4v) is 1.82. The second-order valence-electron chi connectivity index (χ2n) is 4.86. The van der Waals surface area contributed by atoms with Gasteiger partial charge in [-0.1, -0.05) is 51.2 Å². The van der Waals surface area contributed by atoms with Gasteiger partial charge in [-0.15, -0.1) is 0 Å². The van der Waals surface area contributed by atoms with E-state index in [9.17, 15) is 14.7 Å². The third kappa shape index (κ3) is 9.55. The Morgan fingerprint density at radius 1 is 1.20 bits per heavy atom. The molecule has 0 fully saturated rings. The van der Waals surface area contributed by atoms with E-state index in [2.05, 4.69) is 17.0 Å². The van der Waals surface area contributed by atoms with Crippen LogP contribution in [0.15, 0.2) is 12.2 Å². The van der Waals surface area contributed by atoms with Crippen LogP contribution in [0.3, 0.4) is 0 Å². The number of unbranched alkanes of at least 4 members (excludes halogenated alkanes) is 4. The van der Waals surface area contributed by atoms with Crippen LogP contribution in [0.2, 0.25) is 0 Å². The highest BCUT2D eigenvalue weighted by Gasteiger charge is 2.16. The van der Waals surface area contributed by atoms with Crippen LogP contribution in [0, 0.1) is 0 Å². The van der Waals surface area contributed by atoms with Crippen molar-refractivity contribution < 1.29 is 19.4 Å². The Labute approximate surface area is 121 Å². The topological polar surface area (TPSA) is 75.6 Å². The van der Waals surface area contributed by atoms with Gasteiger partial charge in [0.2, 0.25) is 5.91 Å². The number of esters is 1. The second-order valence-corrected chi connectivity index (χ2v) is 4.86. The number of aliphatic hydroxyl groups is 1. The summed E-state index contributed by atoms with van der Waals surface area (Å²) in [7, 11) is 1.26. The van der Waals surface area contributed by atoms with Crippen LogP contribution in [0.25, 0.3) is 0 Å². The lowest BCUT2D eigenvalue weighted by molar-refractivity contribution is -0.143. The lowest BCUT2D eigenvalue weighted by Crippen LogP contribution is -2.39. The molecule has 2 N–H and O–H groups in total. The summed E-state index contributed by atoms with van der Waals surface area (Å²) in [4.78, 5) is 22.4. The molecule has 5 heteroatoms. The molecule has 0 bridgehead atoms. The lowest BCUT2D eigenvalue weighted by Gasteiger charge is -2.12. The molecular weight excluding hydrogens is 258 g/mol. The number of aliphatic hydroxyl groups excluding tert-OH is 1. The second kappa shape index (κ2) is 11.5. The highest BCUT2D eigenvalue weighted by atomic mass is 16.5. The molecule has 0 radical (unpaired) electrons. The molecular formula is C15H27NO4. The molecule has 2 atom stereocenters. The molecule has 116 valence electrons. The SMILES string of the molecule is CCCCCCCC(O)/C=C/[C@H](NC(C)=O)C(=O)OC. The van der Waals surface area contributed by atoms with Crippen molar-refractivity contribution in [2.75, 3.05) is 7.11 Å². The van der Waals surface area contributed by atoms with Crippen LogP contribution < -0.4 is 5.32 Å². The molecule has 0 aromatic carbocycles. The first kappa shape index (κ1) is 18.6. The summed E-state index contributed by atoms with van der Waals surface area (Å²) >= 11 is 0. The molecule has 0 aliphatic heterocycles. The number of carbonyl (C=O) groups is 2. The molecule has 0 saturated carbocycles. The smallest absolute Gasteiger partial charge is 0.332 e. The van der Waals surface area contributed by atoms with Gasteiger partial charge in [-0.2, -0.15) is 0 Å². The molecule has 5 nitrogen and oxygen atoms in total. The minimum atomic E-state index is -0.841. The van der Waals surface area contributed by atoms with E-state index in [1.807, 2.05) is 0 Å². The van der Waals surface area contributed by atoms with Gasteiger partial charge in [-0.25, -0.2) is 4.79 Å². The van der Waals surface area contributed by atoms with Gasteiger partial charge in [-0.05, 0) is 6.42 Å². The zero-order valence-electron chi connectivity index (χ0n) is 12.7. The first-order chi connectivity index (χ1) is 9.51. The van der Waals surface area contributed by atoms with Gasteiger partial charge in [0.1, 0.15) is 6.04 Å². The predicted molar refractivity (Wildman–Crippen MR) is 78.1 cm³/mol. The molecule has 20 heavy (non-hydrogen) atoms. The molecule has 0 rings (SSSR count). The number of hydrogen-bond acceptors (Lipinski definition) is 4. The predicted octanol–water partition coefficient (Wildman–Crippen LogP) is 1.94. The standard InChI is InChI=1S/C15H27NO4/c1-4-5-6-7-8-9-13(18)10-11-14(15(19)20-3)16-12(2)17/h10-11,13-14,18H,4-9H2,1-3H3,(H,16,17)/b11-10+/t13?,14-/m0/s1. The molecule has 0 aliphatic carbocycles. The van der Waals surface area contributed by atoms with Gasteiger partial charge in [0.25, 0.3) is 0 Å². The summed E-state index contributed by atoms with van der Waals surface area (Å²) in [5, 5.41) is 12.3. The van der Waals surface area contributed by atoms with E-state index in [0.29, 0.717) is 6.42 Å². The Balaban J connectivity index is 4.12. The summed E-state index contributed by atoms with van der Waals surface area (Å²) in [6, 6.07) is -0.841. The van der Waals surface area contributed by atoms with Crippen molar-refractivity contribution in [2.45, 2.75) is 64.5 Å². The normalized spacial score (nSPS) is 14.0. The van der Waals surface area contributed by atoms with Crippen molar-refractivity contribution in [3.8, 4) is 0 Å². The summed E-state index contributed by atoms with van der Waals surface area (Å²) < 4.78 is 4.58. The number of rotatable bonds is 10. The van der Waals surface area contributed by atoms with Gasteiger partial charge >= 0.3 is 5.97 Å². The molecule has 0 saturated heterocycles. The molecule has 0 aromatic heterocycles. The van der Waals surface area contributed by atoms with E-state index in [0.717, 1.165) is 12.8 Å². The average Bonchev–Trinajstić information content (AvgIpc) is 2.41. The van der Waals surface area contributed by atoms with E-state index in [1.54, 1.807) is 0 Å². The molecule has 0 spiro atoms. The summed E-state index contributed by atoms with van der Waals surface area (Å²) in [5.41, 5.74) is 0. The Hall–Kier alpha value is -1.36. The van der Waals surface area contributed by atoms with Crippen LogP contribution in [0.4, 0.5) is 0 Å². The van der Waals surface area contributed by atoms with Gasteiger partial charge in [0.15, 0.2) is 0 Å². The van der Waals surface area contributed by atoms with Crippen molar-refractivity contribution in [1.29, 1.82) is 0 Å². The van der Waals surface area contributed by atoms with Crippen molar-refractivity contribution in [3.63, 3.8) is 0 Å². The zero-order chi connectivity index (χ0) is 15.4. The van der Waals surface area contributed by atoms with E-state index in [4.69, 9.17) is 0 Å². The minimum absolute atomic E-state index is 0.320. The maximum Gasteiger partial charge on any atom is 0.332 e. The van der Waals surface area contributed by atoms with Crippen molar-refractivity contribution in [3.05, 3.63) is 12.2 Å². The third-order valence-electron chi connectivity index (χ3n) is 2.94. The molecule has 0 heterocycles. The quantitative estimate of drug-likeness (QED) is 0.365. The number of ether oxygens (including phenoxy) is 1. The number of nitrogens with one attached hydrogen (secondary N) is 1. The molecule has 0 aliphatic rings. The Bertz CT molecular complexity index is 315. The highest BCUT2D eigenvalue weighted by Crippen LogP contribution is 2.08. The fourth-order valence-electron chi connectivity index (χ4n) is 1.82. The van der Waals surface area contributed by atoms with Crippen molar-refractivity contribution in [1.82, 2.24) is 5.32 Å². The van der Waals surface area contributed by atoms with Gasteiger partial charge < -0.3 is 15.2 Å². The first-order valence-electron chi connectivity index (χ1n) is 7.22. The zero-order valence-corrected chi connectivity index (χ0v) is 12.7. The summed E-state index contributed by atoms with van der Waals surface area (Å²) in [6.07, 6.45) is 8.73. The first-order valence-corrected chi connectivity index (χ1v) is 7.22. The van der Waals surface area contributed by atoms with E-state index < -0.39 is 18.1 Å². The van der Waals surface area contributed by atoms with Crippen molar-refractivity contribution >= 4 is 11.9 Å². The third-order valence-corrected chi connectivity index (χ3v) is 2.94. The maximum atomic E-state index is 11.4. The minimum Gasteiger partial charge on any atom is -0.467 e. The number of amides is 1. The molecule has 0 aromatic rings. The number of carbonyl (C=O) groups excluding carboxylic acids is 2. The van der Waals surface area contributed by atoms with Crippen LogP contribution in [-0.2, 0) is 14.3 Å². The fraction of sp³-hybridized carbons (Fsp3) is 0.733. The molecule has 1 amide bonds. The van der Waals surface area contributed by atoms with Crippen LogP contribution in [0.1, 0.15) is 52.4 Å². The van der Waals surface area contributed by atoms with Crippen LogP contribution in [0.5, 0.6) is 0 Å². The molecule has 1 unspecified atom stereocenters. The van der Waals surface area contributed by atoms with Gasteiger partial charge in [-0.3, -0.25) is 4.79 Å². The Morgan fingerprint density at radius 3 is 2.40 bits per heavy atom. The maximum absolute atomic E-state index is 11.4. The summed E-state index contributed by atoms with van der Waals surface area (Å²) in [6.45, 7) is 3.49. The van der Waals surface area contributed by atoms with Crippen LogP contribution >= 0.6 is 0 Å². The van der Waals surface area contributed by atoms with Gasteiger partial charge in [0, 0.05) is 6.92 Å². The average molecular weight is 285 g/mol. The number of methoxy groups -OCH3 is 1. The Kier molecular flexibility index (Phi) is 10.7. The van der Waals surface area contributed by atoms with E-state index in [1.165, 1.54) is 45.4 Å². The monoisotopic (exact) mass is 285 g/mol. The van der Waals surface area contributed by atoms with Crippen LogP contribution in [-0.4, -0.2) is 36.2 Å². The van der Waals surface area contributed by atoms with Crippen molar-refractivity contribution in [2.24, 2.45) is 0 Å². The highest BCUT2D eigenvalue weighted by molar-refractivity contribution is 5.84. The lowest BCUT2D eigenvalue weighted by atomic mass is 10.1.